The van der Waals surface area contributed by atoms with Gasteiger partial charge in [0.05, 0.1) is 5.56 Å². The molecule has 1 aliphatic heterocycles. The third kappa shape index (κ3) is 4.09. The molecule has 8 heteroatoms. The molecule has 0 bridgehead atoms. The Morgan fingerprint density at radius 1 is 1.35 bits per heavy atom. The van der Waals surface area contributed by atoms with Crippen molar-refractivity contribution in [3.63, 3.8) is 0 Å². The van der Waals surface area contributed by atoms with Crippen molar-refractivity contribution in [3.05, 3.63) is 23.9 Å². The van der Waals surface area contributed by atoms with Crippen LogP contribution in [0.1, 0.15) is 18.4 Å². The molecule has 0 saturated carbocycles. The van der Waals surface area contributed by atoms with Gasteiger partial charge in [0, 0.05) is 25.5 Å². The van der Waals surface area contributed by atoms with Gasteiger partial charge in [-0.25, -0.2) is 9.78 Å². The summed E-state index contributed by atoms with van der Waals surface area (Å²) < 4.78 is 42.7. The van der Waals surface area contributed by atoms with Gasteiger partial charge >= 0.3 is 12.2 Å². The average molecular weight is 289 g/mol. The SMILES string of the molecule is O=C(Nc1cc(C(F)(F)F)ccn1)NC1CCOCC1. The Balaban J connectivity index is 1.93. The normalized spacial score (nSPS) is 16.8. The van der Waals surface area contributed by atoms with Crippen LogP contribution in [0.3, 0.4) is 0 Å². The molecule has 0 spiro atoms. The second kappa shape index (κ2) is 6.08. The third-order valence-electron chi connectivity index (χ3n) is 2.89. The van der Waals surface area contributed by atoms with E-state index in [4.69, 9.17) is 4.74 Å². The number of alkyl halides is 3. The first-order valence-electron chi connectivity index (χ1n) is 6.13. The number of nitrogens with zero attached hydrogens (tertiary/aromatic N) is 1. The molecule has 1 saturated heterocycles. The number of carbonyl (C=O) groups excluding carboxylic acids is 1. The van der Waals surface area contributed by atoms with Crippen LogP contribution in [0.15, 0.2) is 18.3 Å². The minimum absolute atomic E-state index is 0.0328. The molecule has 0 aromatic carbocycles. The van der Waals surface area contributed by atoms with Crippen LogP contribution in [0.4, 0.5) is 23.8 Å². The first-order chi connectivity index (χ1) is 9.45. The number of hydrogen-bond acceptors (Lipinski definition) is 3. The zero-order valence-corrected chi connectivity index (χ0v) is 10.5. The molecule has 0 aliphatic carbocycles. The fraction of sp³-hybridized carbons (Fsp3) is 0.500. The fourth-order valence-corrected chi connectivity index (χ4v) is 1.85. The number of anilines is 1. The molecule has 2 heterocycles. The molecule has 1 aromatic heterocycles. The van der Waals surface area contributed by atoms with Crippen LogP contribution >= 0.6 is 0 Å². The summed E-state index contributed by atoms with van der Waals surface area (Å²) in [6.07, 6.45) is -2.09. The number of aromatic nitrogens is 1. The van der Waals surface area contributed by atoms with Gasteiger partial charge in [0.25, 0.3) is 0 Å². The van der Waals surface area contributed by atoms with Crippen LogP contribution < -0.4 is 10.6 Å². The van der Waals surface area contributed by atoms with E-state index >= 15 is 0 Å². The second-order valence-electron chi connectivity index (χ2n) is 4.41. The highest BCUT2D eigenvalue weighted by atomic mass is 19.4. The van der Waals surface area contributed by atoms with Gasteiger partial charge in [0.15, 0.2) is 0 Å². The molecule has 0 unspecified atom stereocenters. The standard InChI is InChI=1S/C12H14F3N3O2/c13-12(14,15)8-1-4-16-10(7-8)18-11(19)17-9-2-5-20-6-3-9/h1,4,7,9H,2-3,5-6H2,(H2,16,17,18,19). The second-order valence-corrected chi connectivity index (χ2v) is 4.41. The number of amides is 2. The molecule has 0 radical (unpaired) electrons. The van der Waals surface area contributed by atoms with Crippen molar-refractivity contribution in [3.8, 4) is 0 Å². The Bertz CT molecular complexity index is 473. The van der Waals surface area contributed by atoms with Crippen molar-refractivity contribution >= 4 is 11.8 Å². The van der Waals surface area contributed by atoms with Crippen molar-refractivity contribution in [1.82, 2.24) is 10.3 Å². The van der Waals surface area contributed by atoms with Gasteiger partial charge in [0.1, 0.15) is 5.82 Å². The van der Waals surface area contributed by atoms with E-state index in [2.05, 4.69) is 15.6 Å². The zero-order valence-electron chi connectivity index (χ0n) is 10.5. The Hall–Kier alpha value is -1.83. The molecule has 1 aromatic rings. The summed E-state index contributed by atoms with van der Waals surface area (Å²) in [6.45, 7) is 1.12. The summed E-state index contributed by atoms with van der Waals surface area (Å²) in [5.41, 5.74) is -0.853. The van der Waals surface area contributed by atoms with Gasteiger partial charge in [-0.15, -0.1) is 0 Å². The molecule has 0 atom stereocenters. The van der Waals surface area contributed by atoms with E-state index in [9.17, 15) is 18.0 Å². The van der Waals surface area contributed by atoms with E-state index < -0.39 is 17.8 Å². The van der Waals surface area contributed by atoms with Crippen molar-refractivity contribution < 1.29 is 22.7 Å². The Kier molecular flexibility index (Phi) is 4.43. The summed E-state index contributed by atoms with van der Waals surface area (Å²) in [7, 11) is 0. The Labute approximate surface area is 113 Å². The number of urea groups is 1. The van der Waals surface area contributed by atoms with E-state index in [1.165, 1.54) is 0 Å². The lowest BCUT2D eigenvalue weighted by molar-refractivity contribution is -0.137. The van der Waals surface area contributed by atoms with Gasteiger partial charge in [-0.05, 0) is 25.0 Å². The van der Waals surface area contributed by atoms with Crippen LogP contribution in [-0.2, 0) is 10.9 Å². The highest BCUT2D eigenvalue weighted by Gasteiger charge is 2.30. The highest BCUT2D eigenvalue weighted by Crippen LogP contribution is 2.29. The number of hydrogen-bond donors (Lipinski definition) is 2. The lowest BCUT2D eigenvalue weighted by Crippen LogP contribution is -2.41. The number of ether oxygens (including phenoxy) is 1. The van der Waals surface area contributed by atoms with Crippen LogP contribution in [0, 0.1) is 0 Å². The molecule has 2 rings (SSSR count). The largest absolute Gasteiger partial charge is 0.416 e. The van der Waals surface area contributed by atoms with Gasteiger partial charge in [-0.1, -0.05) is 0 Å². The molecule has 5 nitrogen and oxygen atoms in total. The predicted octanol–water partition coefficient (Wildman–Crippen LogP) is 2.40. The third-order valence-corrected chi connectivity index (χ3v) is 2.89. The van der Waals surface area contributed by atoms with Crippen LogP contribution in [0.25, 0.3) is 0 Å². The van der Waals surface area contributed by atoms with Crippen LogP contribution in [0.2, 0.25) is 0 Å². The number of rotatable bonds is 2. The summed E-state index contributed by atoms with van der Waals surface area (Å²) >= 11 is 0. The lowest BCUT2D eigenvalue weighted by atomic mass is 10.1. The fourth-order valence-electron chi connectivity index (χ4n) is 1.85. The lowest BCUT2D eigenvalue weighted by Gasteiger charge is -2.23. The maximum atomic E-state index is 12.5. The monoisotopic (exact) mass is 289 g/mol. The van der Waals surface area contributed by atoms with E-state index in [1.807, 2.05) is 0 Å². The minimum atomic E-state index is -4.46. The van der Waals surface area contributed by atoms with Crippen molar-refractivity contribution in [2.75, 3.05) is 18.5 Å². The summed E-state index contributed by atoms with van der Waals surface area (Å²) in [4.78, 5) is 15.3. The van der Waals surface area contributed by atoms with Gasteiger partial charge < -0.3 is 10.1 Å². The topological polar surface area (TPSA) is 63.2 Å². The number of halogens is 3. The van der Waals surface area contributed by atoms with Crippen molar-refractivity contribution in [1.29, 1.82) is 0 Å². The van der Waals surface area contributed by atoms with Crippen molar-refractivity contribution in [2.45, 2.75) is 25.1 Å². The van der Waals surface area contributed by atoms with Crippen LogP contribution in [0.5, 0.6) is 0 Å². The highest BCUT2D eigenvalue weighted by molar-refractivity contribution is 5.88. The van der Waals surface area contributed by atoms with E-state index in [-0.39, 0.29) is 11.9 Å². The molecule has 110 valence electrons. The average Bonchev–Trinajstić information content (AvgIpc) is 2.39. The smallest absolute Gasteiger partial charge is 0.381 e. The first-order valence-corrected chi connectivity index (χ1v) is 6.13. The number of pyridine rings is 1. The van der Waals surface area contributed by atoms with Crippen LogP contribution in [-0.4, -0.2) is 30.3 Å². The first kappa shape index (κ1) is 14.6. The molecular weight excluding hydrogens is 275 g/mol. The molecule has 1 fully saturated rings. The van der Waals surface area contributed by atoms with E-state index in [0.29, 0.717) is 26.1 Å². The summed E-state index contributed by atoms with van der Waals surface area (Å²) in [6, 6.07) is 1.05. The maximum absolute atomic E-state index is 12.5. The van der Waals surface area contributed by atoms with Gasteiger partial charge in [-0.3, -0.25) is 5.32 Å². The molecular formula is C12H14F3N3O2. The summed E-state index contributed by atoms with van der Waals surface area (Å²) in [5.74, 6) is -0.135. The van der Waals surface area contributed by atoms with Crippen molar-refractivity contribution in [2.24, 2.45) is 0 Å². The van der Waals surface area contributed by atoms with Gasteiger partial charge in [0.2, 0.25) is 0 Å². The van der Waals surface area contributed by atoms with E-state index in [0.717, 1.165) is 18.3 Å². The molecule has 20 heavy (non-hydrogen) atoms. The molecule has 2 amide bonds. The summed E-state index contributed by atoms with van der Waals surface area (Å²) in [5, 5.41) is 4.97. The minimum Gasteiger partial charge on any atom is -0.381 e. The predicted molar refractivity (Wildman–Crippen MR) is 65.2 cm³/mol. The van der Waals surface area contributed by atoms with Gasteiger partial charge in [-0.2, -0.15) is 13.2 Å². The zero-order chi connectivity index (χ0) is 14.6. The molecule has 1 aliphatic rings. The number of nitrogens with one attached hydrogen (secondary N) is 2. The van der Waals surface area contributed by atoms with E-state index in [1.54, 1.807) is 0 Å². The maximum Gasteiger partial charge on any atom is 0.416 e. The molecule has 2 N–H and O–H groups in total. The Morgan fingerprint density at radius 3 is 2.70 bits per heavy atom. The Morgan fingerprint density at radius 2 is 2.05 bits per heavy atom. The quantitative estimate of drug-likeness (QED) is 0.878. The number of carbonyl (C=O) groups is 1.